The molecule has 0 unspecified atom stereocenters. The second-order valence-electron chi connectivity index (χ2n) is 7.35. The Morgan fingerprint density at radius 2 is 1.61 bits per heavy atom. The van der Waals surface area contributed by atoms with E-state index < -0.39 is 0 Å². The fraction of sp³-hybridized carbons (Fsp3) is 0.261. The number of carbonyl (C=O) groups is 1. The van der Waals surface area contributed by atoms with Crippen molar-refractivity contribution < 1.29 is 4.79 Å². The van der Waals surface area contributed by atoms with Gasteiger partial charge in [0, 0.05) is 49.8 Å². The van der Waals surface area contributed by atoms with Crippen LogP contribution in [0.15, 0.2) is 67.0 Å². The zero-order valence-electron chi connectivity index (χ0n) is 16.4. The second kappa shape index (κ2) is 7.90. The topological polar surface area (TPSA) is 40.5 Å². The molecule has 0 saturated carbocycles. The van der Waals surface area contributed by atoms with E-state index in [0.29, 0.717) is 5.56 Å². The van der Waals surface area contributed by atoms with Gasteiger partial charge >= 0.3 is 0 Å². The average molecular weight is 374 g/mol. The van der Waals surface area contributed by atoms with Gasteiger partial charge in [0.05, 0.1) is 11.4 Å². The number of likely N-dealkylation sites (N-methyl/N-ethyl adjacent to an activating group) is 1. The Hall–Kier alpha value is -3.05. The van der Waals surface area contributed by atoms with Gasteiger partial charge in [-0.3, -0.25) is 4.79 Å². The van der Waals surface area contributed by atoms with Crippen molar-refractivity contribution in [2.45, 2.75) is 6.92 Å². The van der Waals surface area contributed by atoms with Crippen molar-refractivity contribution >= 4 is 17.3 Å². The summed E-state index contributed by atoms with van der Waals surface area (Å²) in [6, 6.07) is 17.9. The number of aromatic nitrogens is 1. The SMILES string of the molecule is Cc1ccc(C(=O)Nc2ccccc2N2CCN(C)CC2)cc1-n1cccc1. The highest BCUT2D eigenvalue weighted by molar-refractivity contribution is 6.06. The minimum absolute atomic E-state index is 0.0880. The highest BCUT2D eigenvalue weighted by atomic mass is 16.1. The Bertz CT molecular complexity index is 956. The minimum atomic E-state index is -0.0880. The van der Waals surface area contributed by atoms with E-state index in [9.17, 15) is 4.79 Å². The largest absolute Gasteiger partial charge is 0.367 e. The zero-order chi connectivity index (χ0) is 19.5. The summed E-state index contributed by atoms with van der Waals surface area (Å²) in [5.41, 5.74) is 4.75. The van der Waals surface area contributed by atoms with Crippen molar-refractivity contribution in [2.24, 2.45) is 0 Å². The summed E-state index contributed by atoms with van der Waals surface area (Å²) in [7, 11) is 2.14. The van der Waals surface area contributed by atoms with Gasteiger partial charge in [-0.15, -0.1) is 0 Å². The Balaban J connectivity index is 1.57. The van der Waals surface area contributed by atoms with Crippen LogP contribution in [0.4, 0.5) is 11.4 Å². The summed E-state index contributed by atoms with van der Waals surface area (Å²) in [5, 5.41) is 3.12. The van der Waals surface area contributed by atoms with Crippen molar-refractivity contribution in [3.05, 3.63) is 78.1 Å². The lowest BCUT2D eigenvalue weighted by Gasteiger charge is -2.35. The van der Waals surface area contributed by atoms with Gasteiger partial charge in [-0.1, -0.05) is 18.2 Å². The number of hydrogen-bond acceptors (Lipinski definition) is 3. The Morgan fingerprint density at radius 3 is 2.36 bits per heavy atom. The van der Waals surface area contributed by atoms with Crippen molar-refractivity contribution in [3.8, 4) is 5.69 Å². The van der Waals surface area contributed by atoms with E-state index in [-0.39, 0.29) is 5.91 Å². The fourth-order valence-electron chi connectivity index (χ4n) is 3.62. The maximum atomic E-state index is 13.0. The highest BCUT2D eigenvalue weighted by Gasteiger charge is 2.18. The third-order valence-corrected chi connectivity index (χ3v) is 5.35. The van der Waals surface area contributed by atoms with Crippen LogP contribution in [0, 0.1) is 6.92 Å². The van der Waals surface area contributed by atoms with Gasteiger partial charge in [-0.2, -0.15) is 0 Å². The quantitative estimate of drug-likeness (QED) is 0.755. The number of amides is 1. The fourth-order valence-corrected chi connectivity index (χ4v) is 3.62. The molecule has 1 aliphatic rings. The third-order valence-electron chi connectivity index (χ3n) is 5.35. The first-order valence-electron chi connectivity index (χ1n) is 9.70. The monoisotopic (exact) mass is 374 g/mol. The maximum Gasteiger partial charge on any atom is 0.255 e. The van der Waals surface area contributed by atoms with E-state index in [1.54, 1.807) is 0 Å². The molecule has 2 aromatic carbocycles. The normalized spacial score (nSPS) is 14.9. The van der Waals surface area contributed by atoms with E-state index in [2.05, 4.69) is 35.2 Å². The van der Waals surface area contributed by atoms with Gasteiger partial charge in [0.25, 0.3) is 5.91 Å². The number of nitrogens with zero attached hydrogens (tertiary/aromatic N) is 3. The van der Waals surface area contributed by atoms with Crippen LogP contribution in [0.1, 0.15) is 15.9 Å². The lowest BCUT2D eigenvalue weighted by atomic mass is 10.1. The zero-order valence-corrected chi connectivity index (χ0v) is 16.4. The maximum absolute atomic E-state index is 13.0. The van der Waals surface area contributed by atoms with Gasteiger partial charge in [0.2, 0.25) is 0 Å². The Labute approximate surface area is 166 Å². The second-order valence-corrected chi connectivity index (χ2v) is 7.35. The van der Waals surface area contributed by atoms with Crippen molar-refractivity contribution in [3.63, 3.8) is 0 Å². The molecule has 2 heterocycles. The predicted octanol–water partition coefficient (Wildman–Crippen LogP) is 3.79. The number of anilines is 2. The molecule has 1 N–H and O–H groups in total. The summed E-state index contributed by atoms with van der Waals surface area (Å²) in [6.45, 7) is 6.04. The number of aryl methyl sites for hydroxylation is 1. The number of piperazine rings is 1. The molecule has 0 bridgehead atoms. The van der Waals surface area contributed by atoms with Crippen LogP contribution in [0.2, 0.25) is 0 Å². The first kappa shape index (κ1) is 18.3. The van der Waals surface area contributed by atoms with Crippen LogP contribution in [0.25, 0.3) is 5.69 Å². The van der Waals surface area contributed by atoms with Gasteiger partial charge < -0.3 is 19.7 Å². The van der Waals surface area contributed by atoms with Crippen molar-refractivity contribution in [2.75, 3.05) is 43.4 Å². The van der Waals surface area contributed by atoms with Gasteiger partial charge in [-0.25, -0.2) is 0 Å². The molecule has 4 rings (SSSR count). The summed E-state index contributed by atoms with van der Waals surface area (Å²) in [5.74, 6) is -0.0880. The molecule has 144 valence electrons. The van der Waals surface area contributed by atoms with Gasteiger partial charge in [-0.05, 0) is 55.9 Å². The Morgan fingerprint density at radius 1 is 0.893 bits per heavy atom. The van der Waals surface area contributed by atoms with Crippen molar-refractivity contribution in [1.82, 2.24) is 9.47 Å². The lowest BCUT2D eigenvalue weighted by Crippen LogP contribution is -2.44. The molecule has 5 heteroatoms. The molecule has 3 aromatic rings. The van der Waals surface area contributed by atoms with E-state index >= 15 is 0 Å². The van der Waals surface area contributed by atoms with E-state index in [0.717, 1.165) is 48.8 Å². The smallest absolute Gasteiger partial charge is 0.255 e. The lowest BCUT2D eigenvalue weighted by molar-refractivity contribution is 0.102. The standard InChI is InChI=1S/C23H26N4O/c1-18-9-10-19(17-22(18)26-11-5-6-12-26)23(28)24-20-7-3-4-8-21(20)27-15-13-25(2)14-16-27/h3-12,17H,13-16H2,1-2H3,(H,24,28). The first-order valence-corrected chi connectivity index (χ1v) is 9.70. The van der Waals surface area contributed by atoms with Crippen molar-refractivity contribution in [1.29, 1.82) is 0 Å². The molecule has 28 heavy (non-hydrogen) atoms. The molecular weight excluding hydrogens is 348 g/mol. The Kier molecular flexibility index (Phi) is 5.17. The van der Waals surface area contributed by atoms with E-state index in [4.69, 9.17) is 0 Å². The number of nitrogens with one attached hydrogen (secondary N) is 1. The van der Waals surface area contributed by atoms with Gasteiger partial charge in [0.1, 0.15) is 0 Å². The summed E-state index contributed by atoms with van der Waals surface area (Å²) < 4.78 is 2.03. The highest BCUT2D eigenvalue weighted by Crippen LogP contribution is 2.27. The number of para-hydroxylation sites is 2. The molecule has 0 radical (unpaired) electrons. The number of hydrogen-bond donors (Lipinski definition) is 1. The molecule has 1 amide bonds. The molecular formula is C23H26N4O. The molecule has 1 fully saturated rings. The molecule has 0 aliphatic carbocycles. The predicted molar refractivity (Wildman–Crippen MR) is 115 cm³/mol. The van der Waals surface area contributed by atoms with Crippen LogP contribution in [0.5, 0.6) is 0 Å². The molecule has 1 saturated heterocycles. The summed E-state index contributed by atoms with van der Waals surface area (Å²) in [4.78, 5) is 17.7. The van der Waals surface area contributed by atoms with Crippen LogP contribution in [-0.2, 0) is 0 Å². The molecule has 0 spiro atoms. The first-order chi connectivity index (χ1) is 13.6. The summed E-state index contributed by atoms with van der Waals surface area (Å²) >= 11 is 0. The number of benzene rings is 2. The number of carbonyl (C=O) groups excluding carboxylic acids is 1. The summed E-state index contributed by atoms with van der Waals surface area (Å²) in [6.07, 6.45) is 3.99. The number of rotatable bonds is 4. The van der Waals surface area contributed by atoms with E-state index in [1.165, 1.54) is 0 Å². The van der Waals surface area contributed by atoms with E-state index in [1.807, 2.05) is 65.5 Å². The van der Waals surface area contributed by atoms with Crippen LogP contribution >= 0.6 is 0 Å². The molecule has 1 aliphatic heterocycles. The minimum Gasteiger partial charge on any atom is -0.367 e. The van der Waals surface area contributed by atoms with Gasteiger partial charge in [0.15, 0.2) is 0 Å². The molecule has 1 aromatic heterocycles. The molecule has 5 nitrogen and oxygen atoms in total. The molecule has 0 atom stereocenters. The van der Waals surface area contributed by atoms with Crippen LogP contribution in [0.3, 0.4) is 0 Å². The average Bonchev–Trinajstić information content (AvgIpc) is 3.24. The van der Waals surface area contributed by atoms with Crippen LogP contribution < -0.4 is 10.2 Å². The van der Waals surface area contributed by atoms with Crippen LogP contribution in [-0.4, -0.2) is 48.6 Å². The third kappa shape index (κ3) is 3.80.